The molecule has 3 aromatic heterocycles. The molecule has 1 atom stereocenters. The largest absolute Gasteiger partial charge is 0.461 e. The molecular formula is C24H22N6O. The molecule has 6 rings (SSSR count). The molecule has 4 heterocycles. The molecule has 5 aromatic rings. The minimum absolute atomic E-state index is 0.316. The third-order valence-corrected chi connectivity index (χ3v) is 5.94. The number of hydrogen-bond acceptors (Lipinski definition) is 6. The first kappa shape index (κ1) is 18.1. The Kier molecular flexibility index (Phi) is 4.39. The highest BCUT2D eigenvalue weighted by Gasteiger charge is 2.28. The Morgan fingerprint density at radius 3 is 2.97 bits per heavy atom. The molecule has 7 heteroatoms. The summed E-state index contributed by atoms with van der Waals surface area (Å²) in [5.41, 5.74) is 5.84. The van der Waals surface area contributed by atoms with E-state index in [4.69, 9.17) is 9.40 Å². The second kappa shape index (κ2) is 7.52. The monoisotopic (exact) mass is 410 g/mol. The lowest BCUT2D eigenvalue weighted by Gasteiger charge is -2.16. The number of nitrogens with zero attached hydrogens (tertiary/aromatic N) is 4. The molecule has 0 saturated carbocycles. The molecule has 2 aromatic carbocycles. The van der Waals surface area contributed by atoms with Gasteiger partial charge in [0.25, 0.3) is 0 Å². The Bertz CT molecular complexity index is 1340. The quantitative estimate of drug-likeness (QED) is 0.432. The van der Waals surface area contributed by atoms with Crippen LogP contribution in [0.15, 0.2) is 71.5 Å². The van der Waals surface area contributed by atoms with Gasteiger partial charge in [-0.3, -0.25) is 10.00 Å². The third kappa shape index (κ3) is 3.53. The lowest BCUT2D eigenvalue weighted by Crippen LogP contribution is -2.20. The summed E-state index contributed by atoms with van der Waals surface area (Å²) >= 11 is 0. The number of anilines is 2. The van der Waals surface area contributed by atoms with Gasteiger partial charge in [-0.15, -0.1) is 0 Å². The summed E-state index contributed by atoms with van der Waals surface area (Å²) in [5, 5.41) is 11.5. The van der Waals surface area contributed by atoms with Gasteiger partial charge in [0.15, 0.2) is 5.58 Å². The van der Waals surface area contributed by atoms with E-state index in [0.29, 0.717) is 11.9 Å². The summed E-state index contributed by atoms with van der Waals surface area (Å²) in [5.74, 6) is 0.903. The van der Waals surface area contributed by atoms with Gasteiger partial charge in [-0.1, -0.05) is 30.3 Å². The Balaban J connectivity index is 1.27. The van der Waals surface area contributed by atoms with Crippen molar-refractivity contribution in [1.29, 1.82) is 0 Å². The van der Waals surface area contributed by atoms with Crippen LogP contribution in [0.4, 0.5) is 11.6 Å². The molecule has 0 radical (unpaired) electrons. The van der Waals surface area contributed by atoms with E-state index >= 15 is 0 Å². The number of furan rings is 1. The van der Waals surface area contributed by atoms with E-state index in [9.17, 15) is 0 Å². The molecule has 1 aliphatic rings. The molecule has 0 aliphatic carbocycles. The van der Waals surface area contributed by atoms with Crippen LogP contribution in [0.1, 0.15) is 23.6 Å². The highest BCUT2D eigenvalue weighted by Crippen LogP contribution is 2.33. The van der Waals surface area contributed by atoms with Crippen molar-refractivity contribution in [3.8, 4) is 0 Å². The lowest BCUT2D eigenvalue weighted by molar-refractivity contribution is 0.326. The number of aromatic amines is 1. The van der Waals surface area contributed by atoms with Crippen LogP contribution in [0.25, 0.3) is 22.0 Å². The average molecular weight is 410 g/mol. The predicted octanol–water partition coefficient (Wildman–Crippen LogP) is 4.83. The molecule has 0 bridgehead atoms. The van der Waals surface area contributed by atoms with Crippen molar-refractivity contribution in [2.75, 3.05) is 18.4 Å². The van der Waals surface area contributed by atoms with Gasteiger partial charge in [0, 0.05) is 36.1 Å². The van der Waals surface area contributed by atoms with E-state index in [1.807, 2.05) is 30.5 Å². The number of fused-ring (bicyclic) bond motifs is 2. The predicted molar refractivity (Wildman–Crippen MR) is 120 cm³/mol. The fourth-order valence-electron chi connectivity index (χ4n) is 4.40. The zero-order chi connectivity index (χ0) is 20.6. The van der Waals surface area contributed by atoms with E-state index in [1.165, 1.54) is 5.56 Å². The number of rotatable bonds is 5. The summed E-state index contributed by atoms with van der Waals surface area (Å²) in [6.07, 6.45) is 4.56. The highest BCUT2D eigenvalue weighted by molar-refractivity contribution is 5.83. The van der Waals surface area contributed by atoms with Crippen LogP contribution in [-0.2, 0) is 6.54 Å². The molecule has 1 aliphatic heterocycles. The first-order chi connectivity index (χ1) is 15.3. The number of benzene rings is 2. The molecule has 0 amide bonds. The zero-order valence-corrected chi connectivity index (χ0v) is 17.0. The molecule has 1 unspecified atom stereocenters. The van der Waals surface area contributed by atoms with Gasteiger partial charge in [0.05, 0.1) is 23.7 Å². The number of hydrogen-bond donors (Lipinski definition) is 2. The van der Waals surface area contributed by atoms with Crippen LogP contribution in [-0.4, -0.2) is 38.2 Å². The first-order valence-corrected chi connectivity index (χ1v) is 10.5. The van der Waals surface area contributed by atoms with Crippen LogP contribution in [0.3, 0.4) is 0 Å². The molecule has 2 N–H and O–H groups in total. The first-order valence-electron chi connectivity index (χ1n) is 10.5. The fraction of sp³-hybridized carbons (Fsp3) is 0.208. The maximum absolute atomic E-state index is 5.78. The average Bonchev–Trinajstić information content (AvgIpc) is 3.54. The van der Waals surface area contributed by atoms with Gasteiger partial charge in [-0.05, 0) is 36.7 Å². The van der Waals surface area contributed by atoms with E-state index in [-0.39, 0.29) is 0 Å². The zero-order valence-electron chi connectivity index (χ0n) is 17.0. The van der Waals surface area contributed by atoms with Crippen LogP contribution >= 0.6 is 0 Å². The maximum atomic E-state index is 5.78. The van der Waals surface area contributed by atoms with Crippen molar-refractivity contribution in [1.82, 2.24) is 25.1 Å². The summed E-state index contributed by atoms with van der Waals surface area (Å²) in [6.45, 7) is 2.96. The van der Waals surface area contributed by atoms with Crippen molar-refractivity contribution >= 4 is 33.6 Å². The van der Waals surface area contributed by atoms with Crippen molar-refractivity contribution in [3.05, 3.63) is 78.3 Å². The van der Waals surface area contributed by atoms with Gasteiger partial charge >= 0.3 is 0 Å². The Hall–Kier alpha value is -3.71. The lowest BCUT2D eigenvalue weighted by atomic mass is 10.0. The molecule has 1 fully saturated rings. The Labute approximate surface area is 179 Å². The smallest absolute Gasteiger partial charge is 0.228 e. The van der Waals surface area contributed by atoms with Crippen molar-refractivity contribution < 1.29 is 4.42 Å². The number of aromatic nitrogens is 4. The number of H-pyrrole nitrogens is 1. The van der Waals surface area contributed by atoms with Crippen LogP contribution in [0.2, 0.25) is 0 Å². The normalized spacial score (nSPS) is 17.0. The van der Waals surface area contributed by atoms with E-state index in [2.05, 4.69) is 55.7 Å². The second-order valence-electron chi connectivity index (χ2n) is 8.07. The second-order valence-corrected chi connectivity index (χ2v) is 8.07. The molecule has 7 nitrogen and oxygen atoms in total. The minimum Gasteiger partial charge on any atom is -0.461 e. The van der Waals surface area contributed by atoms with E-state index < -0.39 is 0 Å². The summed E-state index contributed by atoms with van der Waals surface area (Å²) < 4.78 is 5.78. The fourth-order valence-corrected chi connectivity index (χ4v) is 4.40. The van der Waals surface area contributed by atoms with E-state index in [1.54, 1.807) is 6.26 Å². The van der Waals surface area contributed by atoms with Crippen LogP contribution in [0, 0.1) is 0 Å². The number of nitrogens with one attached hydrogen (secondary N) is 2. The topological polar surface area (TPSA) is 82.9 Å². The SMILES string of the molecule is c1ccc(CN2CCC(c3nc(Nc4ccc5cn[nH]c5c4)nc4ccoc34)C2)cc1. The number of likely N-dealkylation sites (tertiary alicyclic amines) is 1. The standard InChI is InChI=1S/C24H22N6O/c1-2-4-16(5-3-1)14-30-10-8-18(15-30)22-23-20(9-11-31-23)27-24(28-22)26-19-7-6-17-13-25-29-21(17)12-19/h1-7,9,11-13,18H,8,10,14-15H2,(H,25,29)(H,26,27,28). The molecule has 31 heavy (non-hydrogen) atoms. The highest BCUT2D eigenvalue weighted by atomic mass is 16.3. The van der Waals surface area contributed by atoms with Gasteiger partial charge in [-0.2, -0.15) is 5.10 Å². The van der Waals surface area contributed by atoms with Crippen LogP contribution < -0.4 is 5.32 Å². The van der Waals surface area contributed by atoms with Crippen molar-refractivity contribution in [3.63, 3.8) is 0 Å². The summed E-state index contributed by atoms with van der Waals surface area (Å²) in [6, 6.07) is 18.6. The summed E-state index contributed by atoms with van der Waals surface area (Å²) in [7, 11) is 0. The molecule has 0 spiro atoms. The Morgan fingerprint density at radius 2 is 2.03 bits per heavy atom. The van der Waals surface area contributed by atoms with Gasteiger partial charge < -0.3 is 9.73 Å². The van der Waals surface area contributed by atoms with Gasteiger partial charge in [0.1, 0.15) is 5.52 Å². The van der Waals surface area contributed by atoms with Crippen molar-refractivity contribution in [2.24, 2.45) is 0 Å². The Morgan fingerprint density at radius 1 is 1.10 bits per heavy atom. The van der Waals surface area contributed by atoms with E-state index in [0.717, 1.165) is 59.4 Å². The van der Waals surface area contributed by atoms with Gasteiger partial charge in [-0.25, -0.2) is 9.97 Å². The van der Waals surface area contributed by atoms with Crippen LogP contribution in [0.5, 0.6) is 0 Å². The molecule has 154 valence electrons. The van der Waals surface area contributed by atoms with Gasteiger partial charge in [0.2, 0.25) is 5.95 Å². The molecule has 1 saturated heterocycles. The van der Waals surface area contributed by atoms with Crippen molar-refractivity contribution in [2.45, 2.75) is 18.9 Å². The summed E-state index contributed by atoms with van der Waals surface area (Å²) in [4.78, 5) is 12.0. The minimum atomic E-state index is 0.316. The molecular weight excluding hydrogens is 388 g/mol. The third-order valence-electron chi connectivity index (χ3n) is 5.94. The maximum Gasteiger partial charge on any atom is 0.228 e.